The molecule has 1 aliphatic heterocycles. The molecule has 3 rings (SSSR count). The maximum atomic E-state index is 9.04. The lowest BCUT2D eigenvalue weighted by molar-refractivity contribution is 0.248. The maximum absolute atomic E-state index is 9.04. The molecule has 0 bridgehead atoms. The van der Waals surface area contributed by atoms with Gasteiger partial charge in [0, 0.05) is 37.9 Å². The molecule has 1 saturated carbocycles. The van der Waals surface area contributed by atoms with Crippen LogP contribution in [0.4, 0.5) is 5.69 Å². The first-order valence-corrected chi connectivity index (χ1v) is 7.55. The van der Waals surface area contributed by atoms with Crippen molar-refractivity contribution in [2.24, 2.45) is 10.9 Å². The number of hydrogen-bond acceptors (Lipinski definition) is 5. The van der Waals surface area contributed by atoms with Gasteiger partial charge in [-0.25, -0.2) is 0 Å². The van der Waals surface area contributed by atoms with Crippen LogP contribution in [-0.2, 0) is 0 Å². The minimum absolute atomic E-state index is 0.139. The molecule has 0 unspecified atom stereocenters. The third kappa shape index (κ3) is 2.81. The van der Waals surface area contributed by atoms with Crippen molar-refractivity contribution in [3.8, 4) is 0 Å². The van der Waals surface area contributed by atoms with Crippen molar-refractivity contribution in [2.45, 2.75) is 32.7 Å². The summed E-state index contributed by atoms with van der Waals surface area (Å²) in [5.41, 5.74) is 9.42. The third-order valence-corrected chi connectivity index (χ3v) is 4.39. The molecule has 0 atom stereocenters. The normalized spacial score (nSPS) is 20.9. The molecule has 6 nitrogen and oxygen atoms in total. The van der Waals surface area contributed by atoms with E-state index in [1.807, 2.05) is 19.9 Å². The zero-order valence-corrected chi connectivity index (χ0v) is 12.7. The first-order valence-electron chi connectivity index (χ1n) is 7.55. The van der Waals surface area contributed by atoms with Gasteiger partial charge in [0.1, 0.15) is 0 Å². The Balaban J connectivity index is 1.87. The van der Waals surface area contributed by atoms with E-state index in [2.05, 4.69) is 19.9 Å². The van der Waals surface area contributed by atoms with E-state index in [0.717, 1.165) is 54.9 Å². The van der Waals surface area contributed by atoms with Crippen molar-refractivity contribution in [1.29, 1.82) is 0 Å². The van der Waals surface area contributed by atoms with Crippen molar-refractivity contribution >= 4 is 11.5 Å². The van der Waals surface area contributed by atoms with E-state index in [-0.39, 0.29) is 5.84 Å². The van der Waals surface area contributed by atoms with Crippen LogP contribution in [-0.4, -0.2) is 53.1 Å². The number of rotatable bonds is 3. The van der Waals surface area contributed by atoms with Crippen molar-refractivity contribution in [3.63, 3.8) is 0 Å². The van der Waals surface area contributed by atoms with E-state index in [9.17, 15) is 0 Å². The summed E-state index contributed by atoms with van der Waals surface area (Å²) >= 11 is 0. The highest BCUT2D eigenvalue weighted by molar-refractivity contribution is 6.03. The van der Waals surface area contributed by atoms with Gasteiger partial charge in [-0.1, -0.05) is 5.16 Å². The molecule has 21 heavy (non-hydrogen) atoms. The maximum Gasteiger partial charge on any atom is 0.174 e. The number of anilines is 1. The Kier molecular flexibility index (Phi) is 3.71. The molecule has 1 aromatic rings. The lowest BCUT2D eigenvalue weighted by atomic mass is 10.1. The standard InChI is InChI=1S/C15H23N5O/c1-10-9-13(14(11(2)17-10)15(16)18-21)20-7-5-19(6-8-20)12-3-4-12/h9,12,21H,3-8H2,1-2H3,(H2,16,18). The van der Waals surface area contributed by atoms with E-state index in [1.54, 1.807) is 0 Å². The van der Waals surface area contributed by atoms with E-state index >= 15 is 0 Å². The fourth-order valence-corrected chi connectivity index (χ4v) is 3.19. The molecule has 2 aliphatic rings. The fourth-order valence-electron chi connectivity index (χ4n) is 3.19. The molecule has 2 heterocycles. The zero-order valence-electron chi connectivity index (χ0n) is 12.7. The number of amidine groups is 1. The van der Waals surface area contributed by atoms with Crippen LogP contribution < -0.4 is 10.6 Å². The number of aryl methyl sites for hydroxylation is 2. The topological polar surface area (TPSA) is 78.0 Å². The summed E-state index contributed by atoms with van der Waals surface area (Å²) in [6.07, 6.45) is 2.70. The van der Waals surface area contributed by atoms with Gasteiger partial charge < -0.3 is 15.8 Å². The van der Waals surface area contributed by atoms with Crippen LogP contribution in [0.3, 0.4) is 0 Å². The molecule has 114 valence electrons. The second-order valence-corrected chi connectivity index (χ2v) is 5.98. The molecule has 6 heteroatoms. The molecule has 1 aromatic heterocycles. The number of nitrogens with two attached hydrogens (primary N) is 1. The van der Waals surface area contributed by atoms with Crippen LogP contribution in [0.5, 0.6) is 0 Å². The summed E-state index contributed by atoms with van der Waals surface area (Å²) in [5, 5.41) is 12.2. The summed E-state index contributed by atoms with van der Waals surface area (Å²) in [5.74, 6) is 0.139. The number of pyridine rings is 1. The average molecular weight is 289 g/mol. The van der Waals surface area contributed by atoms with Crippen LogP contribution >= 0.6 is 0 Å². The van der Waals surface area contributed by atoms with E-state index in [1.165, 1.54) is 12.8 Å². The predicted molar refractivity (Wildman–Crippen MR) is 83.0 cm³/mol. The SMILES string of the molecule is Cc1cc(N2CCN(C3CC3)CC2)c(/C(N)=N/O)c(C)n1. The minimum atomic E-state index is 0.139. The summed E-state index contributed by atoms with van der Waals surface area (Å²) in [6, 6.07) is 2.85. The van der Waals surface area contributed by atoms with Crippen LogP contribution in [0.1, 0.15) is 29.8 Å². The van der Waals surface area contributed by atoms with Gasteiger partial charge in [-0.05, 0) is 32.8 Å². The van der Waals surface area contributed by atoms with E-state index < -0.39 is 0 Å². The van der Waals surface area contributed by atoms with Crippen molar-refractivity contribution < 1.29 is 5.21 Å². The van der Waals surface area contributed by atoms with Crippen LogP contribution in [0, 0.1) is 13.8 Å². The highest BCUT2D eigenvalue weighted by Gasteiger charge is 2.32. The molecule has 1 saturated heterocycles. The largest absolute Gasteiger partial charge is 0.409 e. The van der Waals surface area contributed by atoms with Gasteiger partial charge in [0.2, 0.25) is 0 Å². The summed E-state index contributed by atoms with van der Waals surface area (Å²) in [6.45, 7) is 8.01. The average Bonchev–Trinajstić information content (AvgIpc) is 3.30. The number of piperazine rings is 1. The number of aromatic nitrogens is 1. The second kappa shape index (κ2) is 5.52. The van der Waals surface area contributed by atoms with Gasteiger partial charge in [-0.2, -0.15) is 0 Å². The van der Waals surface area contributed by atoms with E-state index in [0.29, 0.717) is 0 Å². The van der Waals surface area contributed by atoms with Crippen LogP contribution in [0.25, 0.3) is 0 Å². The molecular formula is C15H23N5O. The van der Waals surface area contributed by atoms with Crippen LogP contribution in [0.2, 0.25) is 0 Å². The van der Waals surface area contributed by atoms with Crippen molar-refractivity contribution in [3.05, 3.63) is 23.0 Å². The molecule has 0 amide bonds. The van der Waals surface area contributed by atoms with Crippen molar-refractivity contribution in [2.75, 3.05) is 31.1 Å². The molecule has 0 spiro atoms. The summed E-state index contributed by atoms with van der Waals surface area (Å²) in [7, 11) is 0. The fraction of sp³-hybridized carbons (Fsp3) is 0.600. The highest BCUT2D eigenvalue weighted by atomic mass is 16.4. The number of nitrogens with zero attached hydrogens (tertiary/aromatic N) is 4. The lowest BCUT2D eigenvalue weighted by Gasteiger charge is -2.37. The molecule has 0 radical (unpaired) electrons. The van der Waals surface area contributed by atoms with Gasteiger partial charge in [0.05, 0.1) is 16.9 Å². The Morgan fingerprint density at radius 1 is 1.29 bits per heavy atom. The summed E-state index contributed by atoms with van der Waals surface area (Å²) < 4.78 is 0. The molecule has 2 fully saturated rings. The molecule has 1 aliphatic carbocycles. The number of hydrogen-bond donors (Lipinski definition) is 2. The zero-order chi connectivity index (χ0) is 15.0. The molecular weight excluding hydrogens is 266 g/mol. The molecule has 0 aromatic carbocycles. The smallest absolute Gasteiger partial charge is 0.174 e. The first-order chi connectivity index (χ1) is 10.1. The lowest BCUT2D eigenvalue weighted by Crippen LogP contribution is -2.47. The Morgan fingerprint density at radius 2 is 1.95 bits per heavy atom. The van der Waals surface area contributed by atoms with Gasteiger partial charge in [0.25, 0.3) is 0 Å². The Bertz CT molecular complexity index is 559. The monoisotopic (exact) mass is 289 g/mol. The Morgan fingerprint density at radius 3 is 2.52 bits per heavy atom. The number of oxime groups is 1. The quantitative estimate of drug-likeness (QED) is 0.377. The Hall–Kier alpha value is -1.82. The predicted octanol–water partition coefficient (Wildman–Crippen LogP) is 1.08. The van der Waals surface area contributed by atoms with Crippen LogP contribution in [0.15, 0.2) is 11.2 Å². The minimum Gasteiger partial charge on any atom is -0.409 e. The Labute approximate surface area is 125 Å². The summed E-state index contributed by atoms with van der Waals surface area (Å²) in [4.78, 5) is 9.34. The van der Waals surface area contributed by atoms with Gasteiger partial charge in [-0.3, -0.25) is 9.88 Å². The third-order valence-electron chi connectivity index (χ3n) is 4.39. The van der Waals surface area contributed by atoms with Gasteiger partial charge in [-0.15, -0.1) is 0 Å². The van der Waals surface area contributed by atoms with E-state index in [4.69, 9.17) is 10.9 Å². The van der Waals surface area contributed by atoms with Gasteiger partial charge in [0.15, 0.2) is 5.84 Å². The van der Waals surface area contributed by atoms with Gasteiger partial charge >= 0.3 is 0 Å². The highest BCUT2D eigenvalue weighted by Crippen LogP contribution is 2.30. The van der Waals surface area contributed by atoms with Crippen molar-refractivity contribution in [1.82, 2.24) is 9.88 Å². The molecule has 3 N–H and O–H groups in total. The first kappa shape index (κ1) is 14.1. The second-order valence-electron chi connectivity index (χ2n) is 5.98.